The van der Waals surface area contributed by atoms with E-state index in [1.165, 1.54) is 0 Å². The second-order valence-electron chi connectivity index (χ2n) is 1.08. The van der Waals surface area contributed by atoms with Crippen molar-refractivity contribution in [2.75, 3.05) is 13.2 Å². The van der Waals surface area contributed by atoms with Gasteiger partial charge in [0.25, 0.3) is 0 Å². The SMILES string of the molecule is CO.OCCl.[CH3-].[Ti+2].c1cc[cH-]c1. The second-order valence-corrected chi connectivity index (χ2v) is 1.32. The summed E-state index contributed by atoms with van der Waals surface area (Å²) in [7, 11) is 1.00. The summed E-state index contributed by atoms with van der Waals surface area (Å²) in [4.78, 5) is 0. The molecule has 0 amide bonds. The van der Waals surface area contributed by atoms with E-state index in [9.17, 15) is 0 Å². The fourth-order valence-corrected chi connectivity index (χ4v) is 0.321. The molecule has 2 N–H and O–H groups in total. The van der Waals surface area contributed by atoms with Crippen molar-refractivity contribution in [2.24, 2.45) is 0 Å². The van der Waals surface area contributed by atoms with Gasteiger partial charge in [-0.2, -0.15) is 18.2 Å². The molecular formula is C8H15ClO2Ti. The summed E-state index contributed by atoms with van der Waals surface area (Å²) in [6.45, 7) is 0. The summed E-state index contributed by atoms with van der Waals surface area (Å²) in [6.07, 6.45) is 0. The molecule has 0 atom stereocenters. The van der Waals surface area contributed by atoms with Crippen LogP contribution in [0.1, 0.15) is 0 Å². The van der Waals surface area contributed by atoms with Gasteiger partial charge in [0, 0.05) is 7.11 Å². The van der Waals surface area contributed by atoms with E-state index in [-0.39, 0.29) is 35.2 Å². The van der Waals surface area contributed by atoms with Crippen LogP contribution in [0.15, 0.2) is 30.3 Å². The molecule has 0 aliphatic heterocycles. The van der Waals surface area contributed by atoms with Gasteiger partial charge in [0.15, 0.2) is 0 Å². The molecular weight excluding hydrogens is 211 g/mol. The predicted molar refractivity (Wildman–Crippen MR) is 49.5 cm³/mol. The van der Waals surface area contributed by atoms with E-state index in [4.69, 9.17) is 10.2 Å². The molecule has 0 radical (unpaired) electrons. The molecule has 0 saturated carbocycles. The number of aliphatic hydroxyl groups excluding tert-OH is 2. The number of hydrogen-bond acceptors (Lipinski definition) is 2. The van der Waals surface area contributed by atoms with Gasteiger partial charge in [0.05, 0.1) is 0 Å². The Morgan fingerprint density at radius 2 is 1.50 bits per heavy atom. The Hall–Kier alpha value is 0.274. The summed E-state index contributed by atoms with van der Waals surface area (Å²) in [5, 5.41) is 14.3. The molecule has 1 rings (SSSR count). The molecule has 70 valence electrons. The van der Waals surface area contributed by atoms with Gasteiger partial charge in [0.1, 0.15) is 6.07 Å². The Morgan fingerprint density at radius 3 is 1.58 bits per heavy atom. The summed E-state index contributed by atoms with van der Waals surface area (Å²) in [5.74, 6) is 0. The Kier molecular flexibility index (Phi) is 57.4. The first-order valence-electron chi connectivity index (χ1n) is 2.70. The molecule has 0 bridgehead atoms. The van der Waals surface area contributed by atoms with E-state index in [1.54, 1.807) is 0 Å². The van der Waals surface area contributed by atoms with Crippen LogP contribution in [-0.4, -0.2) is 23.4 Å². The van der Waals surface area contributed by atoms with Crippen molar-refractivity contribution >= 4 is 11.6 Å². The van der Waals surface area contributed by atoms with Crippen LogP contribution in [0.2, 0.25) is 0 Å². The van der Waals surface area contributed by atoms with E-state index in [2.05, 4.69) is 11.6 Å². The third kappa shape index (κ3) is 31.8. The van der Waals surface area contributed by atoms with E-state index in [1.807, 2.05) is 30.3 Å². The van der Waals surface area contributed by atoms with Crippen molar-refractivity contribution in [1.29, 1.82) is 0 Å². The minimum absolute atomic E-state index is 0. The molecule has 0 unspecified atom stereocenters. The topological polar surface area (TPSA) is 40.5 Å². The first-order valence-corrected chi connectivity index (χ1v) is 3.23. The van der Waals surface area contributed by atoms with Gasteiger partial charge in [-0.15, -0.1) is 0 Å². The first-order chi connectivity index (χ1) is 4.91. The third-order valence-corrected chi connectivity index (χ3v) is 0.556. The molecule has 0 aliphatic rings. The van der Waals surface area contributed by atoms with Crippen molar-refractivity contribution in [1.82, 2.24) is 0 Å². The predicted octanol–water partition coefficient (Wildman–Crippen LogP) is 1.64. The van der Waals surface area contributed by atoms with Crippen LogP contribution in [0.25, 0.3) is 0 Å². The maximum atomic E-state index is 7.33. The quantitative estimate of drug-likeness (QED) is 0.401. The smallest absolute Gasteiger partial charge is 0.400 e. The number of rotatable bonds is 0. The van der Waals surface area contributed by atoms with Crippen LogP contribution in [-0.2, 0) is 21.7 Å². The molecule has 0 aliphatic carbocycles. The van der Waals surface area contributed by atoms with Gasteiger partial charge < -0.3 is 17.6 Å². The van der Waals surface area contributed by atoms with E-state index in [0.29, 0.717) is 0 Å². The van der Waals surface area contributed by atoms with Crippen molar-refractivity contribution in [3.8, 4) is 0 Å². The first kappa shape index (κ1) is 22.8. The number of halogens is 1. The normalized spacial score (nSPS) is 5.33. The molecule has 0 fully saturated rings. The monoisotopic (exact) mass is 226 g/mol. The van der Waals surface area contributed by atoms with Crippen LogP contribution in [0.5, 0.6) is 0 Å². The van der Waals surface area contributed by atoms with Crippen molar-refractivity contribution < 1.29 is 31.9 Å². The third-order valence-electron chi connectivity index (χ3n) is 0.556. The Labute approximate surface area is 94.4 Å². The molecule has 0 heterocycles. The van der Waals surface area contributed by atoms with Gasteiger partial charge in [-0.25, -0.2) is 12.1 Å². The molecule has 0 spiro atoms. The molecule has 0 saturated heterocycles. The fraction of sp³-hybridized carbons (Fsp3) is 0.250. The summed E-state index contributed by atoms with van der Waals surface area (Å²) in [6, 6.07) is 9.72. The average Bonchev–Trinajstić information content (AvgIpc) is 2.48. The van der Waals surface area contributed by atoms with Gasteiger partial charge in [-0.1, -0.05) is 11.6 Å². The summed E-state index contributed by atoms with van der Waals surface area (Å²) in [5.41, 5.74) is 0. The number of alkyl halides is 1. The van der Waals surface area contributed by atoms with Gasteiger partial charge >= 0.3 is 21.7 Å². The van der Waals surface area contributed by atoms with E-state index in [0.717, 1.165) is 7.11 Å². The maximum Gasteiger partial charge on any atom is 2.00 e. The summed E-state index contributed by atoms with van der Waals surface area (Å²) >= 11 is 4.55. The number of aliphatic hydroxyl groups is 2. The average molecular weight is 227 g/mol. The molecule has 4 heteroatoms. The fourth-order valence-electron chi connectivity index (χ4n) is 0.321. The Balaban J connectivity index is -0.0000000415. The van der Waals surface area contributed by atoms with Crippen molar-refractivity contribution in [2.45, 2.75) is 0 Å². The van der Waals surface area contributed by atoms with Crippen LogP contribution in [0, 0.1) is 7.43 Å². The van der Waals surface area contributed by atoms with Crippen molar-refractivity contribution in [3.63, 3.8) is 0 Å². The minimum Gasteiger partial charge on any atom is -0.400 e. The summed E-state index contributed by atoms with van der Waals surface area (Å²) < 4.78 is 0. The number of hydrogen-bond donors (Lipinski definition) is 2. The van der Waals surface area contributed by atoms with Crippen LogP contribution in [0.4, 0.5) is 0 Å². The van der Waals surface area contributed by atoms with Gasteiger partial charge in [-0.3, -0.25) is 0 Å². The van der Waals surface area contributed by atoms with Crippen LogP contribution in [0.3, 0.4) is 0 Å². The molecule has 0 aromatic heterocycles. The zero-order chi connectivity index (χ0) is 8.24. The molecule has 1 aromatic rings. The Morgan fingerprint density at radius 1 is 1.25 bits per heavy atom. The standard InChI is InChI=1S/C5H5.CH3ClO.CH4O.CH3.Ti/c1-2-4-5-3-1;2-1-3;1-2;;/h1-5H;3H,1H2;2H,1H3;1H3;/q-1;;;-1;+2. The molecule has 12 heavy (non-hydrogen) atoms. The largest absolute Gasteiger partial charge is 2.00 e. The van der Waals surface area contributed by atoms with E-state index >= 15 is 0 Å². The Bertz CT molecular complexity index is 84.0. The molecule has 2 nitrogen and oxygen atoms in total. The maximum absolute atomic E-state index is 7.33. The van der Waals surface area contributed by atoms with Gasteiger partial charge in [0.2, 0.25) is 0 Å². The van der Waals surface area contributed by atoms with Crippen LogP contribution < -0.4 is 0 Å². The van der Waals surface area contributed by atoms with E-state index < -0.39 is 0 Å². The van der Waals surface area contributed by atoms with Gasteiger partial charge in [-0.05, 0) is 0 Å². The second kappa shape index (κ2) is 30.2. The van der Waals surface area contributed by atoms with Crippen LogP contribution >= 0.6 is 11.6 Å². The van der Waals surface area contributed by atoms with Crippen molar-refractivity contribution in [3.05, 3.63) is 37.8 Å². The minimum atomic E-state index is -0.278. The zero-order valence-corrected chi connectivity index (χ0v) is 9.68. The zero-order valence-electron chi connectivity index (χ0n) is 7.37. The molecule has 1 aromatic carbocycles.